The monoisotopic (exact) mass is 344 g/mol. The standard InChI is InChI=1S/C14H28N6O4/c1-5-11(21)15-19(16-12(22)6-2)9-10-20(17-13(23)7-3)18-14(24)8-4/h5-10H2,1-4H3,(H,15,21)(H,16,22)(H,17,23)(H,18,24). The fourth-order valence-electron chi connectivity index (χ4n) is 1.40. The van der Waals surface area contributed by atoms with E-state index in [-0.39, 0.29) is 62.4 Å². The predicted molar refractivity (Wildman–Crippen MR) is 87.1 cm³/mol. The van der Waals surface area contributed by atoms with Crippen LogP contribution in [0.5, 0.6) is 0 Å². The zero-order chi connectivity index (χ0) is 18.5. The van der Waals surface area contributed by atoms with E-state index in [1.807, 2.05) is 0 Å². The second-order valence-corrected chi connectivity index (χ2v) is 4.86. The number of amides is 4. The van der Waals surface area contributed by atoms with E-state index in [0.29, 0.717) is 0 Å². The van der Waals surface area contributed by atoms with Gasteiger partial charge in [-0.15, -0.1) is 10.2 Å². The van der Waals surface area contributed by atoms with Gasteiger partial charge in [0.25, 0.3) is 0 Å². The van der Waals surface area contributed by atoms with E-state index in [4.69, 9.17) is 0 Å². The zero-order valence-corrected chi connectivity index (χ0v) is 14.8. The van der Waals surface area contributed by atoms with Crippen LogP contribution in [0.15, 0.2) is 0 Å². The summed E-state index contributed by atoms with van der Waals surface area (Å²) in [6.45, 7) is 7.03. The summed E-state index contributed by atoms with van der Waals surface area (Å²) in [5.74, 6) is -1.08. The van der Waals surface area contributed by atoms with E-state index in [9.17, 15) is 19.2 Å². The molecule has 0 heterocycles. The molecule has 0 radical (unpaired) electrons. The molecule has 0 unspecified atom stereocenters. The maximum Gasteiger partial charge on any atom is 0.235 e. The normalized spacial score (nSPS) is 10.4. The van der Waals surface area contributed by atoms with Gasteiger partial charge in [-0.3, -0.25) is 40.9 Å². The molecular formula is C14H28N6O4. The summed E-state index contributed by atoms with van der Waals surface area (Å²) >= 11 is 0. The highest BCUT2D eigenvalue weighted by atomic mass is 16.2. The minimum atomic E-state index is -0.270. The van der Waals surface area contributed by atoms with Crippen LogP contribution in [0.2, 0.25) is 0 Å². The average Bonchev–Trinajstić information content (AvgIpc) is 2.58. The van der Waals surface area contributed by atoms with Crippen LogP contribution < -0.4 is 21.7 Å². The molecular weight excluding hydrogens is 316 g/mol. The van der Waals surface area contributed by atoms with Crippen LogP contribution in [0.3, 0.4) is 0 Å². The number of carbonyl (C=O) groups excluding carboxylic acids is 4. The first-order chi connectivity index (χ1) is 11.4. The zero-order valence-electron chi connectivity index (χ0n) is 14.8. The summed E-state index contributed by atoms with van der Waals surface area (Å²) < 4.78 is 0. The van der Waals surface area contributed by atoms with Crippen LogP contribution in [-0.4, -0.2) is 47.0 Å². The molecule has 0 fully saturated rings. The van der Waals surface area contributed by atoms with Crippen LogP contribution in [-0.2, 0) is 19.2 Å². The Morgan fingerprint density at radius 3 is 0.917 bits per heavy atom. The first-order valence-corrected chi connectivity index (χ1v) is 8.09. The summed E-state index contributed by atoms with van der Waals surface area (Å²) in [5.41, 5.74) is 10.1. The molecule has 4 amide bonds. The van der Waals surface area contributed by atoms with Crippen LogP contribution in [0, 0.1) is 0 Å². The second-order valence-electron chi connectivity index (χ2n) is 4.86. The number of carbonyl (C=O) groups is 4. The highest BCUT2D eigenvalue weighted by molar-refractivity contribution is 5.78. The Balaban J connectivity index is 4.78. The fourth-order valence-corrected chi connectivity index (χ4v) is 1.40. The van der Waals surface area contributed by atoms with Crippen molar-refractivity contribution in [3.05, 3.63) is 0 Å². The number of hydrogen-bond donors (Lipinski definition) is 4. The SMILES string of the molecule is CCC(=O)NN(CCN(NC(=O)CC)NC(=O)CC)NC(=O)CC. The maximum atomic E-state index is 11.5. The number of rotatable bonds is 11. The summed E-state index contributed by atoms with van der Waals surface area (Å²) in [4.78, 5) is 46.1. The Labute approximate surface area is 142 Å². The molecule has 0 saturated heterocycles. The summed E-state index contributed by atoms with van der Waals surface area (Å²) in [7, 11) is 0. The first kappa shape index (κ1) is 21.8. The summed E-state index contributed by atoms with van der Waals surface area (Å²) in [6, 6.07) is 0. The molecule has 24 heavy (non-hydrogen) atoms. The number of nitrogens with zero attached hydrogens (tertiary/aromatic N) is 2. The number of nitrogens with one attached hydrogen (secondary N) is 4. The Morgan fingerprint density at radius 2 is 0.750 bits per heavy atom. The van der Waals surface area contributed by atoms with E-state index in [0.717, 1.165) is 0 Å². The molecule has 0 spiro atoms. The molecule has 0 aliphatic rings. The summed E-state index contributed by atoms with van der Waals surface area (Å²) in [6.07, 6.45) is 1.01. The van der Waals surface area contributed by atoms with Crippen LogP contribution in [0.4, 0.5) is 0 Å². The predicted octanol–water partition coefficient (Wildman–Crippen LogP) is -0.645. The van der Waals surface area contributed by atoms with E-state index in [1.54, 1.807) is 27.7 Å². The Kier molecular flexibility index (Phi) is 11.1. The van der Waals surface area contributed by atoms with Crippen molar-refractivity contribution in [2.75, 3.05) is 13.1 Å². The van der Waals surface area contributed by atoms with E-state index in [2.05, 4.69) is 21.7 Å². The molecule has 4 N–H and O–H groups in total. The third-order valence-corrected chi connectivity index (χ3v) is 2.87. The van der Waals surface area contributed by atoms with Gasteiger partial charge in [0.1, 0.15) is 0 Å². The van der Waals surface area contributed by atoms with Crippen molar-refractivity contribution >= 4 is 23.6 Å². The van der Waals surface area contributed by atoms with Gasteiger partial charge >= 0.3 is 0 Å². The van der Waals surface area contributed by atoms with Crippen LogP contribution in [0.1, 0.15) is 53.4 Å². The lowest BCUT2D eigenvalue weighted by molar-refractivity contribution is -0.138. The highest BCUT2D eigenvalue weighted by Gasteiger charge is 2.15. The topological polar surface area (TPSA) is 123 Å². The van der Waals surface area contributed by atoms with Crippen molar-refractivity contribution in [2.24, 2.45) is 0 Å². The van der Waals surface area contributed by atoms with Gasteiger partial charge < -0.3 is 0 Å². The molecule has 0 atom stereocenters. The largest absolute Gasteiger partial charge is 0.274 e. The van der Waals surface area contributed by atoms with Crippen LogP contribution >= 0.6 is 0 Å². The molecule has 0 saturated carbocycles. The third-order valence-electron chi connectivity index (χ3n) is 2.87. The minimum absolute atomic E-state index is 0.144. The smallest absolute Gasteiger partial charge is 0.235 e. The second kappa shape index (κ2) is 12.3. The molecule has 0 bridgehead atoms. The molecule has 0 aliphatic heterocycles. The van der Waals surface area contributed by atoms with Crippen molar-refractivity contribution in [3.63, 3.8) is 0 Å². The van der Waals surface area contributed by atoms with Crippen LogP contribution in [0.25, 0.3) is 0 Å². The quantitative estimate of drug-likeness (QED) is 0.370. The lowest BCUT2D eigenvalue weighted by atomic mass is 10.4. The van der Waals surface area contributed by atoms with Gasteiger partial charge in [-0.1, -0.05) is 27.7 Å². The Morgan fingerprint density at radius 1 is 0.542 bits per heavy atom. The van der Waals surface area contributed by atoms with E-state index in [1.165, 1.54) is 10.2 Å². The minimum Gasteiger partial charge on any atom is -0.274 e. The maximum absolute atomic E-state index is 11.5. The van der Waals surface area contributed by atoms with E-state index >= 15 is 0 Å². The van der Waals surface area contributed by atoms with Crippen molar-refractivity contribution < 1.29 is 19.2 Å². The van der Waals surface area contributed by atoms with Gasteiger partial charge in [0.15, 0.2) is 0 Å². The van der Waals surface area contributed by atoms with Gasteiger partial charge in [0.2, 0.25) is 23.6 Å². The Hall–Kier alpha value is -2.20. The van der Waals surface area contributed by atoms with Gasteiger partial charge in [0.05, 0.1) is 13.1 Å². The van der Waals surface area contributed by atoms with Gasteiger partial charge in [0, 0.05) is 25.7 Å². The van der Waals surface area contributed by atoms with Crippen molar-refractivity contribution in [1.29, 1.82) is 0 Å². The van der Waals surface area contributed by atoms with Gasteiger partial charge in [-0.25, -0.2) is 0 Å². The first-order valence-electron chi connectivity index (χ1n) is 8.09. The molecule has 0 aromatic rings. The lowest BCUT2D eigenvalue weighted by Gasteiger charge is -2.28. The molecule has 0 aromatic carbocycles. The average molecular weight is 344 g/mol. The third kappa shape index (κ3) is 9.74. The highest BCUT2D eigenvalue weighted by Crippen LogP contribution is 1.88. The summed E-state index contributed by atoms with van der Waals surface area (Å²) in [5, 5.41) is 2.47. The molecule has 0 aliphatic carbocycles. The van der Waals surface area contributed by atoms with Crippen molar-refractivity contribution in [2.45, 2.75) is 53.4 Å². The number of hydrogen-bond acceptors (Lipinski definition) is 6. The lowest BCUT2D eigenvalue weighted by Crippen LogP contribution is -2.59. The molecule has 0 aromatic heterocycles. The molecule has 0 rings (SSSR count). The van der Waals surface area contributed by atoms with Gasteiger partial charge in [-0.2, -0.15) is 0 Å². The fraction of sp³-hybridized carbons (Fsp3) is 0.714. The molecule has 10 heteroatoms. The van der Waals surface area contributed by atoms with E-state index < -0.39 is 0 Å². The van der Waals surface area contributed by atoms with Crippen molar-refractivity contribution in [1.82, 2.24) is 31.9 Å². The van der Waals surface area contributed by atoms with Crippen molar-refractivity contribution in [3.8, 4) is 0 Å². The molecule has 138 valence electrons. The van der Waals surface area contributed by atoms with Gasteiger partial charge in [-0.05, 0) is 0 Å². The number of hydrazine groups is 4. The Bertz CT molecular complexity index is 367. The molecule has 10 nitrogen and oxygen atoms in total.